The number of hydrogen-bond acceptors (Lipinski definition) is 2. The predicted octanol–water partition coefficient (Wildman–Crippen LogP) is 1.84. The summed E-state index contributed by atoms with van der Waals surface area (Å²) in [6, 6.07) is 9.95. The second-order valence-corrected chi connectivity index (χ2v) is 2.05. The van der Waals surface area contributed by atoms with Gasteiger partial charge in [-0.05, 0) is 17.8 Å². The van der Waals surface area contributed by atoms with Gasteiger partial charge < -0.3 is 15.9 Å². The molecule has 4 nitrogen and oxygen atoms in total. The fraction of sp³-hybridized carbons (Fsp3) is 0. The summed E-state index contributed by atoms with van der Waals surface area (Å²) < 4.78 is 0. The first-order chi connectivity index (χ1) is 6.16. The molecule has 0 amide bonds. The lowest BCUT2D eigenvalue weighted by molar-refractivity contribution is 0.137. The molecular weight excluding hydrogens is 170 g/mol. The van der Waals surface area contributed by atoms with Gasteiger partial charge in [0.2, 0.25) is 0 Å². The zero-order valence-corrected chi connectivity index (χ0v) is 6.92. The van der Waals surface area contributed by atoms with Crippen molar-refractivity contribution >= 4 is 12.2 Å². The van der Waals surface area contributed by atoms with E-state index >= 15 is 0 Å². The first-order valence-corrected chi connectivity index (χ1v) is 3.52. The molecule has 0 unspecified atom stereocenters. The number of benzene rings is 1. The summed E-state index contributed by atoms with van der Waals surface area (Å²) >= 11 is 0. The van der Waals surface area contributed by atoms with Crippen molar-refractivity contribution in [3.8, 4) is 0 Å². The Morgan fingerprint density at radius 2 is 1.69 bits per heavy atom. The molecule has 0 aliphatic rings. The van der Waals surface area contributed by atoms with Gasteiger partial charge in [0, 0.05) is 0 Å². The Hall–Kier alpha value is -1.97. The third-order valence-electron chi connectivity index (χ3n) is 1.09. The Morgan fingerprint density at radius 3 is 2.08 bits per heavy atom. The van der Waals surface area contributed by atoms with Crippen LogP contribution in [-0.4, -0.2) is 16.4 Å². The number of rotatable bonds is 1. The average molecular weight is 181 g/mol. The SMILES string of the molecule is NC=Cc1ccccc1.O=C(O)O. The molecule has 70 valence electrons. The predicted molar refractivity (Wildman–Crippen MR) is 50.3 cm³/mol. The summed E-state index contributed by atoms with van der Waals surface area (Å²) in [6.07, 6.45) is 1.56. The summed E-state index contributed by atoms with van der Waals surface area (Å²) in [5.74, 6) is 0. The van der Waals surface area contributed by atoms with Crippen LogP contribution in [0.15, 0.2) is 36.5 Å². The zero-order valence-electron chi connectivity index (χ0n) is 6.92. The van der Waals surface area contributed by atoms with Crippen molar-refractivity contribution < 1.29 is 15.0 Å². The van der Waals surface area contributed by atoms with Crippen LogP contribution in [0.4, 0.5) is 4.79 Å². The van der Waals surface area contributed by atoms with Crippen LogP contribution < -0.4 is 5.73 Å². The van der Waals surface area contributed by atoms with Gasteiger partial charge in [0.25, 0.3) is 0 Å². The second kappa shape index (κ2) is 6.72. The van der Waals surface area contributed by atoms with Gasteiger partial charge in [0.15, 0.2) is 0 Å². The monoisotopic (exact) mass is 181 g/mol. The van der Waals surface area contributed by atoms with Gasteiger partial charge in [-0.2, -0.15) is 0 Å². The first-order valence-electron chi connectivity index (χ1n) is 3.52. The lowest BCUT2D eigenvalue weighted by Crippen LogP contribution is -1.81. The maximum atomic E-state index is 8.56. The number of nitrogens with two attached hydrogens (primary N) is 1. The van der Waals surface area contributed by atoms with E-state index in [2.05, 4.69) is 0 Å². The van der Waals surface area contributed by atoms with E-state index in [4.69, 9.17) is 20.7 Å². The van der Waals surface area contributed by atoms with Crippen LogP contribution in [0, 0.1) is 0 Å². The molecule has 0 aliphatic heterocycles. The minimum absolute atomic E-state index is 1.14. The van der Waals surface area contributed by atoms with Crippen LogP contribution in [-0.2, 0) is 0 Å². The summed E-state index contributed by atoms with van der Waals surface area (Å²) in [7, 11) is 0. The molecule has 0 atom stereocenters. The summed E-state index contributed by atoms with van der Waals surface area (Å²) in [4.78, 5) is 8.56. The average Bonchev–Trinajstić information content (AvgIpc) is 2.06. The van der Waals surface area contributed by atoms with Crippen LogP contribution in [0.5, 0.6) is 0 Å². The van der Waals surface area contributed by atoms with E-state index in [9.17, 15) is 0 Å². The Balaban J connectivity index is 0.000000310. The van der Waals surface area contributed by atoms with Gasteiger partial charge in [0.05, 0.1) is 0 Å². The highest BCUT2D eigenvalue weighted by Gasteiger charge is 1.77. The zero-order chi connectivity index (χ0) is 10.1. The van der Waals surface area contributed by atoms with Crippen LogP contribution in [0.3, 0.4) is 0 Å². The van der Waals surface area contributed by atoms with Crippen molar-refractivity contribution in [2.75, 3.05) is 0 Å². The highest BCUT2D eigenvalue weighted by molar-refractivity contribution is 5.53. The van der Waals surface area contributed by atoms with Gasteiger partial charge in [-0.1, -0.05) is 30.3 Å². The molecule has 13 heavy (non-hydrogen) atoms. The van der Waals surface area contributed by atoms with E-state index in [-0.39, 0.29) is 0 Å². The van der Waals surface area contributed by atoms with Gasteiger partial charge in [-0.3, -0.25) is 0 Å². The van der Waals surface area contributed by atoms with Gasteiger partial charge in [-0.15, -0.1) is 0 Å². The first kappa shape index (κ1) is 11.0. The van der Waals surface area contributed by atoms with Gasteiger partial charge in [0.1, 0.15) is 0 Å². The molecule has 1 aromatic rings. The number of carboxylic acid groups (broad SMARTS) is 2. The standard InChI is InChI=1S/C8H9N.CH2O3/c9-7-6-8-4-2-1-3-5-8;2-1(3)4/h1-7H,9H2;(H2,2,3,4). The molecule has 1 aromatic carbocycles. The molecule has 0 saturated carbocycles. The molecule has 0 radical (unpaired) electrons. The van der Waals surface area contributed by atoms with E-state index in [0.717, 1.165) is 5.56 Å². The van der Waals surface area contributed by atoms with Crippen LogP contribution in [0.1, 0.15) is 5.56 Å². The van der Waals surface area contributed by atoms with Crippen LogP contribution in [0.25, 0.3) is 6.08 Å². The van der Waals surface area contributed by atoms with Crippen molar-refractivity contribution in [2.45, 2.75) is 0 Å². The fourth-order valence-corrected chi connectivity index (χ4v) is 0.675. The number of hydrogen-bond donors (Lipinski definition) is 3. The van der Waals surface area contributed by atoms with E-state index in [1.165, 1.54) is 6.20 Å². The molecule has 1 rings (SSSR count). The molecule has 0 aliphatic carbocycles. The fourth-order valence-electron chi connectivity index (χ4n) is 0.675. The molecule has 0 bridgehead atoms. The van der Waals surface area contributed by atoms with E-state index in [1.54, 1.807) is 0 Å². The molecule has 4 heteroatoms. The normalized spacial score (nSPS) is 8.92. The molecule has 0 aromatic heterocycles. The highest BCUT2D eigenvalue weighted by Crippen LogP contribution is 1.98. The summed E-state index contributed by atoms with van der Waals surface area (Å²) in [5, 5.41) is 13.9. The molecule has 4 N–H and O–H groups in total. The Labute approximate surface area is 75.9 Å². The van der Waals surface area contributed by atoms with E-state index < -0.39 is 6.16 Å². The van der Waals surface area contributed by atoms with Crippen molar-refractivity contribution in [3.63, 3.8) is 0 Å². The topological polar surface area (TPSA) is 83.6 Å². The maximum absolute atomic E-state index is 8.56. The Kier molecular flexibility index (Phi) is 5.70. The lowest BCUT2D eigenvalue weighted by atomic mass is 10.2. The molecule has 0 saturated heterocycles. The van der Waals surface area contributed by atoms with Crippen molar-refractivity contribution in [2.24, 2.45) is 5.73 Å². The molecular formula is C9H11NO3. The van der Waals surface area contributed by atoms with Crippen molar-refractivity contribution in [3.05, 3.63) is 42.1 Å². The molecule has 0 spiro atoms. The van der Waals surface area contributed by atoms with Crippen LogP contribution in [0.2, 0.25) is 0 Å². The van der Waals surface area contributed by atoms with E-state index in [0.29, 0.717) is 0 Å². The smallest absolute Gasteiger partial charge is 0.450 e. The van der Waals surface area contributed by atoms with Crippen LogP contribution >= 0.6 is 0 Å². The summed E-state index contributed by atoms with van der Waals surface area (Å²) in [6.45, 7) is 0. The minimum Gasteiger partial charge on any atom is -0.450 e. The minimum atomic E-state index is -1.83. The third-order valence-corrected chi connectivity index (χ3v) is 1.09. The molecule has 0 fully saturated rings. The summed E-state index contributed by atoms with van der Waals surface area (Å²) in [5.41, 5.74) is 6.32. The number of carbonyl (C=O) groups is 1. The van der Waals surface area contributed by atoms with Gasteiger partial charge in [-0.25, -0.2) is 4.79 Å². The highest BCUT2D eigenvalue weighted by atomic mass is 16.6. The van der Waals surface area contributed by atoms with Gasteiger partial charge >= 0.3 is 6.16 Å². The lowest BCUT2D eigenvalue weighted by Gasteiger charge is -1.86. The quantitative estimate of drug-likeness (QED) is 0.617. The maximum Gasteiger partial charge on any atom is 0.503 e. The largest absolute Gasteiger partial charge is 0.503 e. The molecule has 0 heterocycles. The Morgan fingerprint density at radius 1 is 1.23 bits per heavy atom. The van der Waals surface area contributed by atoms with Crippen molar-refractivity contribution in [1.82, 2.24) is 0 Å². The second-order valence-electron chi connectivity index (χ2n) is 2.05. The van der Waals surface area contributed by atoms with Crippen molar-refractivity contribution in [1.29, 1.82) is 0 Å². The Bertz CT molecular complexity index is 265. The van der Waals surface area contributed by atoms with E-state index in [1.807, 2.05) is 36.4 Å². The third kappa shape index (κ3) is 7.93.